The third-order valence-electron chi connectivity index (χ3n) is 1.44. The molecule has 0 fully saturated rings. The van der Waals surface area contributed by atoms with Gasteiger partial charge in [-0.3, -0.25) is 4.79 Å². The molecule has 0 bridgehead atoms. The van der Waals surface area contributed by atoms with Gasteiger partial charge in [0, 0.05) is 5.69 Å². The van der Waals surface area contributed by atoms with E-state index < -0.39 is 0 Å². The van der Waals surface area contributed by atoms with Gasteiger partial charge in [0.15, 0.2) is 0 Å². The molecule has 0 radical (unpaired) electrons. The lowest BCUT2D eigenvalue weighted by Crippen LogP contribution is -1.97. The van der Waals surface area contributed by atoms with Crippen LogP contribution in [0.25, 0.3) is 0 Å². The molecule has 0 spiro atoms. The summed E-state index contributed by atoms with van der Waals surface area (Å²) < 4.78 is 0. The molecule has 0 saturated heterocycles. The largest absolute Gasteiger partial charge is 0.398 e. The number of aryl methyl sites for hydroxylation is 1. The van der Waals surface area contributed by atoms with Gasteiger partial charge in [-0.25, -0.2) is 0 Å². The van der Waals surface area contributed by atoms with Crippen LogP contribution in [0, 0.1) is 6.92 Å². The van der Waals surface area contributed by atoms with Crippen LogP contribution in [0.4, 0.5) is 5.69 Å². The van der Waals surface area contributed by atoms with Gasteiger partial charge in [-0.15, -0.1) is 12.6 Å². The predicted octanol–water partition coefficient (Wildman–Crippen LogP) is 2.67. The standard InChI is InChI=1S/C8H9NOS.C2H6/c1-5-2-3-7(9)6(4-5)8(10)11;1-2/h2-4H,9H2,1H3,(H,10,11);1-2H3. The van der Waals surface area contributed by atoms with E-state index in [2.05, 4.69) is 12.6 Å². The van der Waals surface area contributed by atoms with E-state index in [1.54, 1.807) is 12.1 Å². The second-order valence-corrected chi connectivity index (χ2v) is 2.80. The van der Waals surface area contributed by atoms with E-state index in [0.717, 1.165) is 5.56 Å². The Kier molecular flexibility index (Phi) is 5.23. The van der Waals surface area contributed by atoms with E-state index in [-0.39, 0.29) is 5.12 Å². The highest BCUT2D eigenvalue weighted by Crippen LogP contribution is 2.15. The Morgan fingerprint density at radius 1 is 1.38 bits per heavy atom. The fourth-order valence-corrected chi connectivity index (χ4v) is 1.05. The molecule has 0 heterocycles. The van der Waals surface area contributed by atoms with E-state index >= 15 is 0 Å². The number of carbonyl (C=O) groups excluding carboxylic acids is 1. The van der Waals surface area contributed by atoms with Crippen LogP contribution < -0.4 is 5.73 Å². The molecule has 3 heteroatoms. The highest BCUT2D eigenvalue weighted by molar-refractivity contribution is 7.97. The number of nitrogens with two attached hydrogens (primary N) is 1. The number of thiol groups is 1. The summed E-state index contributed by atoms with van der Waals surface area (Å²) in [6.45, 7) is 5.90. The zero-order valence-electron chi connectivity index (χ0n) is 8.16. The molecule has 13 heavy (non-hydrogen) atoms. The fourth-order valence-electron chi connectivity index (χ4n) is 0.855. The van der Waals surface area contributed by atoms with Crippen molar-refractivity contribution >= 4 is 23.4 Å². The topological polar surface area (TPSA) is 43.1 Å². The molecule has 0 unspecified atom stereocenters. The van der Waals surface area contributed by atoms with Crippen molar-refractivity contribution in [2.24, 2.45) is 0 Å². The Balaban J connectivity index is 0.000000671. The summed E-state index contributed by atoms with van der Waals surface area (Å²) in [5.41, 5.74) is 7.49. The van der Waals surface area contributed by atoms with E-state index in [1.807, 2.05) is 26.8 Å². The van der Waals surface area contributed by atoms with Gasteiger partial charge < -0.3 is 5.73 Å². The Hall–Kier alpha value is -0.960. The highest BCUT2D eigenvalue weighted by Gasteiger charge is 2.03. The maximum atomic E-state index is 10.8. The van der Waals surface area contributed by atoms with Crippen LogP contribution in [0.5, 0.6) is 0 Å². The number of nitrogen functional groups attached to an aromatic ring is 1. The molecule has 0 saturated carbocycles. The summed E-state index contributed by atoms with van der Waals surface area (Å²) in [4.78, 5) is 10.8. The van der Waals surface area contributed by atoms with E-state index in [0.29, 0.717) is 11.3 Å². The van der Waals surface area contributed by atoms with Gasteiger partial charge in [0.2, 0.25) is 5.12 Å². The first-order valence-corrected chi connectivity index (χ1v) is 4.65. The third-order valence-corrected chi connectivity index (χ3v) is 1.68. The van der Waals surface area contributed by atoms with Gasteiger partial charge in [0.25, 0.3) is 0 Å². The lowest BCUT2D eigenvalue weighted by molar-refractivity contribution is 0.109. The maximum Gasteiger partial charge on any atom is 0.218 e. The van der Waals surface area contributed by atoms with Gasteiger partial charge >= 0.3 is 0 Å². The Labute approximate surface area is 84.6 Å². The Bertz CT molecular complexity index is 297. The minimum atomic E-state index is -0.286. The minimum Gasteiger partial charge on any atom is -0.398 e. The molecular formula is C10H15NOS. The summed E-state index contributed by atoms with van der Waals surface area (Å²) in [6, 6.07) is 5.29. The van der Waals surface area contributed by atoms with Crippen LogP contribution in [-0.4, -0.2) is 5.12 Å². The maximum absolute atomic E-state index is 10.8. The van der Waals surface area contributed by atoms with Gasteiger partial charge in [0.05, 0.1) is 5.56 Å². The summed E-state index contributed by atoms with van der Waals surface area (Å²) in [5.74, 6) is 0. The average Bonchev–Trinajstić information content (AvgIpc) is 2.12. The normalized spacial score (nSPS) is 8.62. The number of rotatable bonds is 1. The van der Waals surface area contributed by atoms with Crippen LogP contribution in [0.1, 0.15) is 29.8 Å². The van der Waals surface area contributed by atoms with Crippen molar-refractivity contribution in [2.45, 2.75) is 20.8 Å². The van der Waals surface area contributed by atoms with Gasteiger partial charge in [0.1, 0.15) is 0 Å². The van der Waals surface area contributed by atoms with Crippen molar-refractivity contribution in [3.05, 3.63) is 29.3 Å². The molecule has 2 nitrogen and oxygen atoms in total. The molecule has 0 atom stereocenters. The van der Waals surface area contributed by atoms with E-state index in [4.69, 9.17) is 5.73 Å². The second kappa shape index (κ2) is 5.65. The van der Waals surface area contributed by atoms with Crippen molar-refractivity contribution in [3.63, 3.8) is 0 Å². The SMILES string of the molecule is CC.Cc1ccc(N)c(C(=O)S)c1. The number of benzene rings is 1. The zero-order valence-corrected chi connectivity index (χ0v) is 9.06. The van der Waals surface area contributed by atoms with Crippen molar-refractivity contribution < 1.29 is 4.79 Å². The summed E-state index contributed by atoms with van der Waals surface area (Å²) >= 11 is 3.69. The predicted molar refractivity (Wildman–Crippen MR) is 60.3 cm³/mol. The molecule has 0 aliphatic rings. The van der Waals surface area contributed by atoms with E-state index in [1.165, 1.54) is 0 Å². The van der Waals surface area contributed by atoms with Gasteiger partial charge in [-0.2, -0.15) is 0 Å². The smallest absolute Gasteiger partial charge is 0.218 e. The van der Waals surface area contributed by atoms with Gasteiger partial charge in [-0.1, -0.05) is 25.5 Å². The Morgan fingerprint density at radius 2 is 1.92 bits per heavy atom. The van der Waals surface area contributed by atoms with Crippen molar-refractivity contribution in [1.82, 2.24) is 0 Å². The molecule has 72 valence electrons. The van der Waals surface area contributed by atoms with Gasteiger partial charge in [-0.05, 0) is 19.1 Å². The van der Waals surface area contributed by atoms with Crippen molar-refractivity contribution in [1.29, 1.82) is 0 Å². The second-order valence-electron chi connectivity index (χ2n) is 2.40. The fraction of sp³-hybridized carbons (Fsp3) is 0.300. The molecule has 1 aromatic carbocycles. The molecule has 0 aliphatic heterocycles. The molecule has 1 aromatic rings. The number of hydrogen-bond acceptors (Lipinski definition) is 2. The third kappa shape index (κ3) is 3.51. The molecule has 2 N–H and O–H groups in total. The van der Waals surface area contributed by atoms with Crippen LogP contribution in [0.15, 0.2) is 18.2 Å². The number of anilines is 1. The first-order chi connectivity index (χ1) is 6.11. The molecule has 1 rings (SSSR count). The quantitative estimate of drug-likeness (QED) is 0.537. The first-order valence-electron chi connectivity index (χ1n) is 4.20. The molecular weight excluding hydrogens is 182 g/mol. The lowest BCUT2D eigenvalue weighted by atomic mass is 10.1. The number of carbonyl (C=O) groups is 1. The van der Waals surface area contributed by atoms with Crippen molar-refractivity contribution in [3.8, 4) is 0 Å². The van der Waals surface area contributed by atoms with Crippen LogP contribution in [0.2, 0.25) is 0 Å². The van der Waals surface area contributed by atoms with Crippen LogP contribution in [0.3, 0.4) is 0 Å². The van der Waals surface area contributed by atoms with E-state index in [9.17, 15) is 4.79 Å². The summed E-state index contributed by atoms with van der Waals surface area (Å²) in [5, 5.41) is -0.286. The average molecular weight is 197 g/mol. The lowest BCUT2D eigenvalue weighted by Gasteiger charge is -2.00. The zero-order chi connectivity index (χ0) is 10.4. The highest BCUT2D eigenvalue weighted by atomic mass is 32.1. The minimum absolute atomic E-state index is 0.286. The molecule has 0 amide bonds. The number of hydrogen-bond donors (Lipinski definition) is 2. The van der Waals surface area contributed by atoms with Crippen molar-refractivity contribution in [2.75, 3.05) is 5.73 Å². The Morgan fingerprint density at radius 3 is 2.31 bits per heavy atom. The summed E-state index contributed by atoms with van der Waals surface area (Å²) in [6.07, 6.45) is 0. The monoisotopic (exact) mass is 197 g/mol. The molecule has 0 aromatic heterocycles. The van der Waals surface area contributed by atoms with Crippen LogP contribution >= 0.6 is 12.6 Å². The molecule has 0 aliphatic carbocycles. The summed E-state index contributed by atoms with van der Waals surface area (Å²) in [7, 11) is 0. The van der Waals surface area contributed by atoms with Crippen LogP contribution in [-0.2, 0) is 0 Å². The first kappa shape index (κ1) is 12.0.